The lowest BCUT2D eigenvalue weighted by molar-refractivity contribution is 0.0257. The molecule has 1 saturated heterocycles. The predicted octanol–water partition coefficient (Wildman–Crippen LogP) is 2.48. The van der Waals surface area contributed by atoms with E-state index in [4.69, 9.17) is 19.7 Å². The van der Waals surface area contributed by atoms with Crippen molar-refractivity contribution in [3.8, 4) is 17.1 Å². The molecule has 0 spiro atoms. The van der Waals surface area contributed by atoms with Gasteiger partial charge in [-0.2, -0.15) is 0 Å². The van der Waals surface area contributed by atoms with Crippen LogP contribution in [-0.2, 0) is 4.74 Å². The lowest BCUT2D eigenvalue weighted by Crippen LogP contribution is -2.26. The fourth-order valence-electron chi connectivity index (χ4n) is 2.16. The summed E-state index contributed by atoms with van der Waals surface area (Å²) in [7, 11) is 0. The Balaban J connectivity index is 1.84. The molecule has 2 heterocycles. The van der Waals surface area contributed by atoms with Gasteiger partial charge in [-0.05, 0) is 12.1 Å². The Bertz CT molecular complexity index is 547. The number of hydrogen-bond acceptors (Lipinski definition) is 5. The number of benzene rings is 1. The van der Waals surface area contributed by atoms with Gasteiger partial charge < -0.3 is 19.7 Å². The van der Waals surface area contributed by atoms with Gasteiger partial charge in [0.2, 0.25) is 0 Å². The summed E-state index contributed by atoms with van der Waals surface area (Å²) in [6.07, 6.45) is 2.01. The molecule has 1 aliphatic rings. The molecular weight excluding hydrogens is 244 g/mol. The summed E-state index contributed by atoms with van der Waals surface area (Å²) in [5.74, 6) is 1.79. The molecule has 2 N–H and O–H groups in total. The van der Waals surface area contributed by atoms with Crippen molar-refractivity contribution in [3.05, 3.63) is 30.3 Å². The molecule has 1 fully saturated rings. The van der Waals surface area contributed by atoms with Crippen LogP contribution in [0.15, 0.2) is 34.9 Å². The maximum absolute atomic E-state index is 6.04. The van der Waals surface area contributed by atoms with Crippen LogP contribution in [0.3, 0.4) is 0 Å². The molecule has 5 nitrogen and oxygen atoms in total. The summed E-state index contributed by atoms with van der Waals surface area (Å²) in [6.45, 7) is 1.50. The minimum Gasteiger partial charge on any atom is -0.489 e. The topological polar surface area (TPSA) is 70.5 Å². The van der Waals surface area contributed by atoms with Crippen LogP contribution in [0.1, 0.15) is 12.8 Å². The van der Waals surface area contributed by atoms with Crippen LogP contribution in [0.2, 0.25) is 0 Å². The van der Waals surface area contributed by atoms with Gasteiger partial charge in [0.15, 0.2) is 11.6 Å². The van der Waals surface area contributed by atoms with Crippen LogP contribution in [0.4, 0.5) is 5.82 Å². The first-order valence-electron chi connectivity index (χ1n) is 6.39. The molecule has 1 aromatic heterocycles. The van der Waals surface area contributed by atoms with Crippen LogP contribution in [0.25, 0.3) is 11.3 Å². The molecule has 19 heavy (non-hydrogen) atoms. The van der Waals surface area contributed by atoms with Crippen molar-refractivity contribution in [1.82, 2.24) is 5.16 Å². The molecule has 0 unspecified atom stereocenters. The number of para-hydroxylation sites is 1. The van der Waals surface area contributed by atoms with Gasteiger partial charge in [0, 0.05) is 18.9 Å². The maximum atomic E-state index is 6.04. The molecule has 0 saturated carbocycles. The average Bonchev–Trinajstić information content (AvgIpc) is 2.87. The van der Waals surface area contributed by atoms with Crippen molar-refractivity contribution in [2.24, 2.45) is 0 Å². The Hall–Kier alpha value is -2.01. The van der Waals surface area contributed by atoms with Crippen LogP contribution >= 0.6 is 0 Å². The van der Waals surface area contributed by atoms with Gasteiger partial charge >= 0.3 is 0 Å². The Kier molecular flexibility index (Phi) is 3.37. The van der Waals surface area contributed by atoms with E-state index in [2.05, 4.69) is 5.16 Å². The summed E-state index contributed by atoms with van der Waals surface area (Å²) >= 11 is 0. The normalized spacial score (nSPS) is 16.4. The lowest BCUT2D eigenvalue weighted by Gasteiger charge is -2.24. The number of aromatic nitrogens is 1. The molecule has 3 rings (SSSR count). The standard InChI is InChI=1S/C14H16N2O3/c15-14-9-13(19-16-14)11-3-1-2-4-12(11)18-10-5-7-17-8-6-10/h1-4,9-10H,5-8H2,(H2,15,16). The smallest absolute Gasteiger partial charge is 0.172 e. The average molecular weight is 260 g/mol. The first kappa shape index (κ1) is 12.0. The third-order valence-electron chi connectivity index (χ3n) is 3.14. The Morgan fingerprint density at radius 1 is 1.21 bits per heavy atom. The van der Waals surface area contributed by atoms with E-state index in [-0.39, 0.29) is 6.10 Å². The zero-order valence-corrected chi connectivity index (χ0v) is 10.5. The molecule has 1 aliphatic heterocycles. The van der Waals surface area contributed by atoms with Gasteiger partial charge in [0.25, 0.3) is 0 Å². The van der Waals surface area contributed by atoms with Crippen molar-refractivity contribution in [2.75, 3.05) is 18.9 Å². The van der Waals surface area contributed by atoms with Crippen LogP contribution in [0, 0.1) is 0 Å². The van der Waals surface area contributed by atoms with Crippen molar-refractivity contribution in [3.63, 3.8) is 0 Å². The SMILES string of the molecule is Nc1cc(-c2ccccc2OC2CCOCC2)on1. The number of anilines is 1. The van der Waals surface area contributed by atoms with Crippen molar-refractivity contribution >= 4 is 5.82 Å². The van der Waals surface area contributed by atoms with Gasteiger partial charge in [-0.15, -0.1) is 0 Å². The van der Waals surface area contributed by atoms with Crippen molar-refractivity contribution < 1.29 is 14.0 Å². The number of hydrogen-bond donors (Lipinski definition) is 1. The maximum Gasteiger partial charge on any atom is 0.172 e. The minimum atomic E-state index is 0.190. The van der Waals surface area contributed by atoms with Crippen LogP contribution < -0.4 is 10.5 Å². The predicted molar refractivity (Wildman–Crippen MR) is 70.8 cm³/mol. The summed E-state index contributed by atoms with van der Waals surface area (Å²) in [5, 5.41) is 3.71. The monoisotopic (exact) mass is 260 g/mol. The van der Waals surface area contributed by atoms with E-state index in [9.17, 15) is 0 Å². The van der Waals surface area contributed by atoms with Gasteiger partial charge in [0.05, 0.1) is 18.8 Å². The zero-order chi connectivity index (χ0) is 13.1. The summed E-state index contributed by atoms with van der Waals surface area (Å²) in [5.41, 5.74) is 6.46. The second kappa shape index (κ2) is 5.32. The highest BCUT2D eigenvalue weighted by Crippen LogP contribution is 2.32. The van der Waals surface area contributed by atoms with E-state index in [1.807, 2.05) is 24.3 Å². The van der Waals surface area contributed by atoms with Gasteiger partial charge in [-0.1, -0.05) is 17.3 Å². The molecule has 0 radical (unpaired) electrons. The summed E-state index contributed by atoms with van der Waals surface area (Å²) in [4.78, 5) is 0. The fourth-order valence-corrected chi connectivity index (χ4v) is 2.16. The molecule has 0 atom stereocenters. The fraction of sp³-hybridized carbons (Fsp3) is 0.357. The largest absolute Gasteiger partial charge is 0.489 e. The second-order valence-corrected chi connectivity index (χ2v) is 4.54. The highest BCUT2D eigenvalue weighted by atomic mass is 16.5. The van der Waals surface area contributed by atoms with E-state index in [0.717, 1.165) is 37.4 Å². The molecule has 0 bridgehead atoms. The third-order valence-corrected chi connectivity index (χ3v) is 3.14. The number of ether oxygens (including phenoxy) is 2. The molecule has 0 amide bonds. The minimum absolute atomic E-state index is 0.190. The first-order valence-corrected chi connectivity index (χ1v) is 6.39. The van der Waals surface area contributed by atoms with Gasteiger partial charge in [-0.3, -0.25) is 0 Å². The van der Waals surface area contributed by atoms with Gasteiger partial charge in [-0.25, -0.2) is 0 Å². The van der Waals surface area contributed by atoms with E-state index in [1.165, 1.54) is 0 Å². The van der Waals surface area contributed by atoms with Crippen LogP contribution in [-0.4, -0.2) is 24.5 Å². The van der Waals surface area contributed by atoms with E-state index >= 15 is 0 Å². The van der Waals surface area contributed by atoms with Crippen LogP contribution in [0.5, 0.6) is 5.75 Å². The Morgan fingerprint density at radius 3 is 2.74 bits per heavy atom. The number of rotatable bonds is 3. The molecule has 2 aromatic rings. The summed E-state index contributed by atoms with van der Waals surface area (Å²) < 4.78 is 16.6. The van der Waals surface area contributed by atoms with Crippen molar-refractivity contribution in [2.45, 2.75) is 18.9 Å². The zero-order valence-electron chi connectivity index (χ0n) is 10.5. The molecular formula is C14H16N2O3. The molecule has 1 aromatic carbocycles. The summed E-state index contributed by atoms with van der Waals surface area (Å²) in [6, 6.07) is 9.45. The number of nitrogens with two attached hydrogens (primary N) is 1. The molecule has 100 valence electrons. The van der Waals surface area contributed by atoms with Crippen molar-refractivity contribution in [1.29, 1.82) is 0 Å². The quantitative estimate of drug-likeness (QED) is 0.918. The molecule has 5 heteroatoms. The lowest BCUT2D eigenvalue weighted by atomic mass is 10.1. The number of nitrogen functional groups attached to an aromatic ring is 1. The Morgan fingerprint density at radius 2 is 2.00 bits per heavy atom. The Labute approximate surface area is 111 Å². The second-order valence-electron chi connectivity index (χ2n) is 4.54. The highest BCUT2D eigenvalue weighted by molar-refractivity contribution is 5.67. The molecule has 0 aliphatic carbocycles. The van der Waals surface area contributed by atoms with Gasteiger partial charge in [0.1, 0.15) is 11.9 Å². The van der Waals surface area contributed by atoms with E-state index < -0.39 is 0 Å². The van der Waals surface area contributed by atoms with E-state index in [1.54, 1.807) is 6.07 Å². The third kappa shape index (κ3) is 2.71. The highest BCUT2D eigenvalue weighted by Gasteiger charge is 2.18. The first-order chi connectivity index (χ1) is 9.33. The van der Waals surface area contributed by atoms with E-state index in [0.29, 0.717) is 11.6 Å². The number of nitrogens with zero attached hydrogens (tertiary/aromatic N) is 1.